The number of aromatic nitrogens is 2. The zero-order chi connectivity index (χ0) is 19.0. The molecule has 0 radical (unpaired) electrons. The van der Waals surface area contributed by atoms with Crippen LogP contribution in [0.1, 0.15) is 5.56 Å². The molecule has 0 aliphatic rings. The zero-order valence-corrected chi connectivity index (χ0v) is 15.7. The summed E-state index contributed by atoms with van der Waals surface area (Å²) in [5.41, 5.74) is 1.90. The van der Waals surface area contributed by atoms with E-state index in [0.29, 0.717) is 21.7 Å². The number of benzene rings is 2. The van der Waals surface area contributed by atoms with E-state index in [0.717, 1.165) is 15.8 Å². The van der Waals surface area contributed by atoms with Gasteiger partial charge in [0.2, 0.25) is 0 Å². The summed E-state index contributed by atoms with van der Waals surface area (Å²) in [5, 5.41) is 4.54. The molecule has 0 aliphatic carbocycles. The Labute approximate surface area is 159 Å². The Morgan fingerprint density at radius 2 is 2.07 bits per heavy atom. The van der Waals surface area contributed by atoms with Gasteiger partial charge in [-0.15, -0.1) is 0 Å². The summed E-state index contributed by atoms with van der Waals surface area (Å²) in [6.07, 6.45) is 1.68. The summed E-state index contributed by atoms with van der Waals surface area (Å²) in [5.74, 6) is 0.201. The number of carbonyl (C=O) groups is 1. The van der Waals surface area contributed by atoms with Crippen LogP contribution in [0.2, 0.25) is 0 Å². The molecule has 2 aromatic carbocycles. The minimum absolute atomic E-state index is 0.104. The summed E-state index contributed by atoms with van der Waals surface area (Å²) >= 11 is 1.42. The molecule has 7 heteroatoms. The Morgan fingerprint density at radius 3 is 2.93 bits per heavy atom. The van der Waals surface area contributed by atoms with Gasteiger partial charge in [0.25, 0.3) is 11.5 Å². The number of aryl methyl sites for hydroxylation is 2. The van der Waals surface area contributed by atoms with Crippen LogP contribution in [0, 0.1) is 6.92 Å². The van der Waals surface area contributed by atoms with Crippen molar-refractivity contribution in [1.29, 1.82) is 0 Å². The second-order valence-corrected chi connectivity index (χ2v) is 7.31. The van der Waals surface area contributed by atoms with Gasteiger partial charge < -0.3 is 9.30 Å². The average molecular weight is 379 g/mol. The number of anilines is 1. The van der Waals surface area contributed by atoms with E-state index in [2.05, 4.69) is 10.3 Å². The van der Waals surface area contributed by atoms with Crippen LogP contribution in [-0.2, 0) is 11.8 Å². The largest absolute Gasteiger partial charge is 0.483 e. The Bertz CT molecular complexity index is 1230. The number of hydrogen-bond donors (Lipinski definition) is 1. The van der Waals surface area contributed by atoms with Crippen molar-refractivity contribution in [1.82, 2.24) is 9.55 Å². The number of thiazole rings is 1. The predicted molar refractivity (Wildman–Crippen MR) is 108 cm³/mol. The van der Waals surface area contributed by atoms with Crippen LogP contribution in [0.4, 0.5) is 5.13 Å². The van der Waals surface area contributed by atoms with Crippen molar-refractivity contribution in [2.45, 2.75) is 6.92 Å². The molecule has 0 fully saturated rings. The molecule has 1 amide bonds. The molecule has 4 aromatic rings. The number of ether oxygens (including phenoxy) is 1. The van der Waals surface area contributed by atoms with Gasteiger partial charge in [-0.2, -0.15) is 0 Å². The molecule has 0 bridgehead atoms. The number of hydrogen-bond acceptors (Lipinski definition) is 5. The molecule has 6 nitrogen and oxygen atoms in total. The summed E-state index contributed by atoms with van der Waals surface area (Å²) in [6.45, 7) is 1.85. The van der Waals surface area contributed by atoms with E-state index in [1.807, 2.05) is 25.1 Å². The van der Waals surface area contributed by atoms with Gasteiger partial charge in [0.05, 0.1) is 15.6 Å². The molecule has 0 spiro atoms. The molecule has 4 rings (SSSR count). The van der Waals surface area contributed by atoms with Crippen molar-refractivity contribution in [2.75, 3.05) is 11.9 Å². The summed E-state index contributed by atoms with van der Waals surface area (Å²) in [4.78, 5) is 28.8. The van der Waals surface area contributed by atoms with Crippen molar-refractivity contribution in [2.24, 2.45) is 7.05 Å². The molecule has 2 heterocycles. The van der Waals surface area contributed by atoms with Gasteiger partial charge in [-0.1, -0.05) is 23.5 Å². The molecule has 2 aromatic heterocycles. The highest BCUT2D eigenvalue weighted by Crippen LogP contribution is 2.27. The molecule has 0 saturated carbocycles. The number of pyridine rings is 1. The van der Waals surface area contributed by atoms with Crippen LogP contribution in [0.15, 0.2) is 53.5 Å². The van der Waals surface area contributed by atoms with E-state index in [1.54, 1.807) is 37.5 Å². The van der Waals surface area contributed by atoms with Gasteiger partial charge in [0.1, 0.15) is 5.75 Å². The normalized spacial score (nSPS) is 11.0. The van der Waals surface area contributed by atoms with Gasteiger partial charge in [-0.25, -0.2) is 4.98 Å². The first-order chi connectivity index (χ1) is 13.0. The first-order valence-corrected chi connectivity index (χ1v) is 9.21. The molecular weight excluding hydrogens is 362 g/mol. The molecule has 0 atom stereocenters. The number of nitrogens with one attached hydrogen (secondary N) is 1. The second-order valence-electron chi connectivity index (χ2n) is 6.28. The Hall–Kier alpha value is -3.19. The minimum atomic E-state index is -0.299. The Balaban J connectivity index is 1.50. The van der Waals surface area contributed by atoms with E-state index < -0.39 is 0 Å². The average Bonchev–Trinajstić information content (AvgIpc) is 3.04. The van der Waals surface area contributed by atoms with Gasteiger partial charge in [0.15, 0.2) is 11.7 Å². The third kappa shape index (κ3) is 3.41. The van der Waals surface area contributed by atoms with Crippen LogP contribution in [0.3, 0.4) is 0 Å². The summed E-state index contributed by atoms with van der Waals surface area (Å²) < 4.78 is 8.19. The predicted octanol–water partition coefficient (Wildman–Crippen LogP) is 3.47. The zero-order valence-electron chi connectivity index (χ0n) is 14.9. The SMILES string of the molecule is Cc1ccc2nc(NC(=O)COc3cccc4c(=O)n(C)ccc34)sc2c1. The van der Waals surface area contributed by atoms with Gasteiger partial charge in [-0.3, -0.25) is 14.9 Å². The van der Waals surface area contributed by atoms with Gasteiger partial charge >= 0.3 is 0 Å². The monoisotopic (exact) mass is 379 g/mol. The molecule has 0 saturated heterocycles. The van der Waals surface area contributed by atoms with Crippen molar-refractivity contribution in [3.63, 3.8) is 0 Å². The van der Waals surface area contributed by atoms with E-state index in [-0.39, 0.29) is 18.1 Å². The molecule has 136 valence electrons. The van der Waals surface area contributed by atoms with Crippen molar-refractivity contribution in [3.8, 4) is 5.75 Å². The lowest BCUT2D eigenvalue weighted by Gasteiger charge is -2.09. The van der Waals surface area contributed by atoms with Gasteiger partial charge in [-0.05, 0) is 42.8 Å². The van der Waals surface area contributed by atoms with Crippen LogP contribution < -0.4 is 15.6 Å². The maximum atomic E-state index is 12.3. The minimum Gasteiger partial charge on any atom is -0.483 e. The van der Waals surface area contributed by atoms with Crippen LogP contribution in [0.25, 0.3) is 21.0 Å². The summed E-state index contributed by atoms with van der Waals surface area (Å²) in [7, 11) is 1.70. The smallest absolute Gasteiger partial charge is 0.264 e. The molecule has 0 aliphatic heterocycles. The maximum Gasteiger partial charge on any atom is 0.264 e. The lowest BCUT2D eigenvalue weighted by molar-refractivity contribution is -0.118. The van der Waals surface area contributed by atoms with Gasteiger partial charge in [0, 0.05) is 18.6 Å². The van der Waals surface area contributed by atoms with E-state index in [4.69, 9.17) is 4.74 Å². The molecule has 1 N–H and O–H groups in total. The molecule has 27 heavy (non-hydrogen) atoms. The first kappa shape index (κ1) is 17.2. The Kier molecular flexibility index (Phi) is 4.37. The third-order valence-electron chi connectivity index (χ3n) is 4.23. The topological polar surface area (TPSA) is 73.2 Å². The van der Waals surface area contributed by atoms with Crippen molar-refractivity contribution in [3.05, 3.63) is 64.6 Å². The number of carbonyl (C=O) groups excluding carboxylic acids is 1. The van der Waals surface area contributed by atoms with Crippen molar-refractivity contribution < 1.29 is 9.53 Å². The fraction of sp³-hybridized carbons (Fsp3) is 0.150. The summed E-state index contributed by atoms with van der Waals surface area (Å²) in [6, 6.07) is 13.0. The lowest BCUT2D eigenvalue weighted by Crippen LogP contribution is -2.20. The standard InChI is InChI=1S/C20H17N3O3S/c1-12-6-7-15-17(10-12)27-20(21-15)22-18(24)11-26-16-5-3-4-14-13(16)8-9-23(2)19(14)25/h3-10H,11H2,1-2H3,(H,21,22,24). The highest BCUT2D eigenvalue weighted by atomic mass is 32.1. The second kappa shape index (κ2) is 6.85. The van der Waals surface area contributed by atoms with Crippen LogP contribution >= 0.6 is 11.3 Å². The van der Waals surface area contributed by atoms with E-state index in [1.165, 1.54) is 15.9 Å². The quantitative estimate of drug-likeness (QED) is 0.589. The number of amides is 1. The lowest BCUT2D eigenvalue weighted by atomic mass is 10.1. The Morgan fingerprint density at radius 1 is 1.22 bits per heavy atom. The molecular formula is C20H17N3O3S. The van der Waals surface area contributed by atoms with Crippen LogP contribution in [-0.4, -0.2) is 22.1 Å². The van der Waals surface area contributed by atoms with Crippen molar-refractivity contribution >= 4 is 43.4 Å². The number of nitrogens with zero attached hydrogens (tertiary/aromatic N) is 2. The number of fused-ring (bicyclic) bond motifs is 2. The van der Waals surface area contributed by atoms with E-state index in [9.17, 15) is 9.59 Å². The highest BCUT2D eigenvalue weighted by molar-refractivity contribution is 7.22. The molecule has 0 unspecified atom stereocenters. The fourth-order valence-electron chi connectivity index (χ4n) is 2.86. The van der Waals surface area contributed by atoms with E-state index >= 15 is 0 Å². The fourth-order valence-corrected chi connectivity index (χ4v) is 3.84. The highest BCUT2D eigenvalue weighted by Gasteiger charge is 2.11. The number of rotatable bonds is 4. The van der Waals surface area contributed by atoms with Crippen LogP contribution in [0.5, 0.6) is 5.75 Å². The third-order valence-corrected chi connectivity index (χ3v) is 5.16. The first-order valence-electron chi connectivity index (χ1n) is 8.39. The maximum absolute atomic E-state index is 12.3.